The van der Waals surface area contributed by atoms with Crippen molar-refractivity contribution in [2.24, 2.45) is 4.99 Å². The number of rotatable bonds is 5. The monoisotopic (exact) mass is 412 g/mol. The zero-order chi connectivity index (χ0) is 23.1. The zero-order valence-electron chi connectivity index (χ0n) is 21.5. The van der Waals surface area contributed by atoms with Gasteiger partial charge in [0, 0.05) is 13.0 Å². The number of hydrogen-bond acceptors (Lipinski definition) is 2. The number of amidine groups is 1. The fourth-order valence-electron chi connectivity index (χ4n) is 3.75. The largest absolute Gasteiger partial charge is 0.351 e. The van der Waals surface area contributed by atoms with Crippen LogP contribution in [0.1, 0.15) is 91.3 Å². The molecular formula is C28H48N2. The van der Waals surface area contributed by atoms with E-state index in [2.05, 4.69) is 82.9 Å². The first-order chi connectivity index (χ1) is 14.5. The van der Waals surface area contributed by atoms with Gasteiger partial charge in [0.05, 0.1) is 17.9 Å². The lowest BCUT2D eigenvalue weighted by Gasteiger charge is -2.29. The number of fused-ring (bicyclic) bond motifs is 1. The van der Waals surface area contributed by atoms with Crippen molar-refractivity contribution >= 4 is 5.84 Å². The quantitative estimate of drug-likeness (QED) is 0.477. The predicted octanol–water partition coefficient (Wildman–Crippen LogP) is 8.08. The minimum Gasteiger partial charge on any atom is -0.351 e. The molecule has 1 aliphatic carbocycles. The highest BCUT2D eigenvalue weighted by molar-refractivity contribution is 5.85. The maximum Gasteiger partial charge on any atom is 0.1000 e. The van der Waals surface area contributed by atoms with E-state index in [1.54, 1.807) is 0 Å². The first-order valence-electron chi connectivity index (χ1n) is 12.3. The standard InChI is InChI=1S/C14H22N2.C10H14.2C2H6/c1-4-9-16-13-10-11(5-2)7-8-12(13)15-14(16)6-3;1-4-10-7-8(2)5-6-9(10)3;2*1-2/h7-8,10,12-13H,4-6,9H2,1-3H3;5-7H,4H2,1-3H3;2*1-2H3. The lowest BCUT2D eigenvalue weighted by molar-refractivity contribution is 0.363. The van der Waals surface area contributed by atoms with E-state index in [9.17, 15) is 0 Å². The molecule has 0 N–H and O–H groups in total. The molecule has 0 fully saturated rings. The molecule has 0 aromatic heterocycles. The number of nitrogens with zero attached hydrogens (tertiary/aromatic N) is 2. The Bertz CT molecular complexity index is 682. The lowest BCUT2D eigenvalue weighted by Crippen LogP contribution is -2.39. The Morgan fingerprint density at radius 1 is 0.900 bits per heavy atom. The molecule has 1 aliphatic heterocycles. The minimum absolute atomic E-state index is 0.372. The van der Waals surface area contributed by atoms with E-state index in [0.29, 0.717) is 12.1 Å². The van der Waals surface area contributed by atoms with Gasteiger partial charge >= 0.3 is 0 Å². The highest BCUT2D eigenvalue weighted by Gasteiger charge is 2.33. The Morgan fingerprint density at radius 3 is 2.07 bits per heavy atom. The lowest BCUT2D eigenvalue weighted by atomic mass is 9.97. The van der Waals surface area contributed by atoms with Crippen LogP contribution in [0.25, 0.3) is 0 Å². The third-order valence-corrected chi connectivity index (χ3v) is 5.31. The summed E-state index contributed by atoms with van der Waals surface area (Å²) < 4.78 is 0. The maximum atomic E-state index is 4.81. The third-order valence-electron chi connectivity index (χ3n) is 5.31. The van der Waals surface area contributed by atoms with Crippen molar-refractivity contribution in [3.05, 3.63) is 58.7 Å². The van der Waals surface area contributed by atoms with E-state index in [1.807, 2.05) is 27.7 Å². The molecule has 0 bridgehead atoms. The average Bonchev–Trinajstić information content (AvgIpc) is 3.15. The number of benzene rings is 1. The molecule has 2 atom stereocenters. The molecule has 0 saturated carbocycles. The molecule has 2 heteroatoms. The fourth-order valence-corrected chi connectivity index (χ4v) is 3.75. The second-order valence-corrected chi connectivity index (χ2v) is 7.31. The predicted molar refractivity (Wildman–Crippen MR) is 138 cm³/mol. The molecule has 2 aliphatic rings. The Labute approximate surface area is 188 Å². The van der Waals surface area contributed by atoms with Crippen molar-refractivity contribution in [2.45, 2.75) is 107 Å². The van der Waals surface area contributed by atoms with Crippen molar-refractivity contribution in [1.29, 1.82) is 0 Å². The van der Waals surface area contributed by atoms with Gasteiger partial charge in [-0.25, -0.2) is 0 Å². The smallest absolute Gasteiger partial charge is 0.1000 e. The van der Waals surface area contributed by atoms with Gasteiger partial charge in [-0.1, -0.05) is 103 Å². The highest BCUT2D eigenvalue weighted by atomic mass is 15.3. The molecule has 0 spiro atoms. The van der Waals surface area contributed by atoms with E-state index in [1.165, 1.54) is 34.5 Å². The summed E-state index contributed by atoms with van der Waals surface area (Å²) in [6.07, 6.45) is 11.4. The molecule has 170 valence electrons. The van der Waals surface area contributed by atoms with Gasteiger partial charge in [0.15, 0.2) is 0 Å². The molecule has 30 heavy (non-hydrogen) atoms. The van der Waals surface area contributed by atoms with Gasteiger partial charge in [-0.15, -0.1) is 0 Å². The van der Waals surface area contributed by atoms with Crippen molar-refractivity contribution < 1.29 is 0 Å². The summed E-state index contributed by atoms with van der Waals surface area (Å²) in [5, 5.41) is 0. The molecule has 1 aromatic carbocycles. The molecular weight excluding hydrogens is 364 g/mol. The van der Waals surface area contributed by atoms with Crippen LogP contribution >= 0.6 is 0 Å². The summed E-state index contributed by atoms with van der Waals surface area (Å²) in [6.45, 7) is 22.3. The minimum atomic E-state index is 0.372. The Kier molecular flexibility index (Phi) is 15.0. The zero-order valence-corrected chi connectivity index (χ0v) is 21.5. The number of aryl methyl sites for hydroxylation is 3. The normalized spacial score (nSPS) is 18.5. The van der Waals surface area contributed by atoms with Gasteiger partial charge in [0.1, 0.15) is 0 Å². The third kappa shape index (κ3) is 8.13. The molecule has 3 rings (SSSR count). The summed E-state index contributed by atoms with van der Waals surface area (Å²) in [5.74, 6) is 1.29. The van der Waals surface area contributed by atoms with Gasteiger partial charge in [-0.05, 0) is 44.2 Å². The van der Waals surface area contributed by atoms with E-state index in [0.717, 1.165) is 25.8 Å². The number of aliphatic imine (C=N–C) groups is 1. The topological polar surface area (TPSA) is 15.6 Å². The van der Waals surface area contributed by atoms with Crippen LogP contribution < -0.4 is 0 Å². The van der Waals surface area contributed by atoms with E-state index >= 15 is 0 Å². The molecule has 1 aromatic rings. The van der Waals surface area contributed by atoms with Crippen molar-refractivity contribution in [3.63, 3.8) is 0 Å². The molecule has 2 nitrogen and oxygen atoms in total. The summed E-state index contributed by atoms with van der Waals surface area (Å²) in [4.78, 5) is 7.30. The van der Waals surface area contributed by atoms with Crippen LogP contribution in [0.4, 0.5) is 0 Å². The molecule has 0 amide bonds. The van der Waals surface area contributed by atoms with Gasteiger partial charge in [-0.2, -0.15) is 0 Å². The van der Waals surface area contributed by atoms with E-state index in [4.69, 9.17) is 4.99 Å². The molecule has 1 heterocycles. The van der Waals surface area contributed by atoms with E-state index in [-0.39, 0.29) is 0 Å². The summed E-state index contributed by atoms with van der Waals surface area (Å²) >= 11 is 0. The summed E-state index contributed by atoms with van der Waals surface area (Å²) in [5.41, 5.74) is 5.70. The second kappa shape index (κ2) is 15.9. The Hall–Kier alpha value is -1.83. The maximum absolute atomic E-state index is 4.81. The average molecular weight is 413 g/mol. The fraction of sp³-hybridized carbons (Fsp3) is 0.607. The van der Waals surface area contributed by atoms with Crippen LogP contribution in [0, 0.1) is 13.8 Å². The molecule has 2 unspecified atom stereocenters. The van der Waals surface area contributed by atoms with Crippen LogP contribution in [0.3, 0.4) is 0 Å². The summed E-state index contributed by atoms with van der Waals surface area (Å²) in [6, 6.07) is 7.48. The Morgan fingerprint density at radius 2 is 1.57 bits per heavy atom. The molecule has 0 radical (unpaired) electrons. The van der Waals surface area contributed by atoms with Crippen LogP contribution in [-0.2, 0) is 6.42 Å². The highest BCUT2D eigenvalue weighted by Crippen LogP contribution is 2.27. The van der Waals surface area contributed by atoms with Crippen molar-refractivity contribution in [1.82, 2.24) is 4.90 Å². The van der Waals surface area contributed by atoms with E-state index < -0.39 is 0 Å². The van der Waals surface area contributed by atoms with Gasteiger partial charge in [-0.3, -0.25) is 4.99 Å². The van der Waals surface area contributed by atoms with Crippen LogP contribution in [-0.4, -0.2) is 29.4 Å². The summed E-state index contributed by atoms with van der Waals surface area (Å²) in [7, 11) is 0. The number of hydrogen-bond donors (Lipinski definition) is 0. The van der Waals surface area contributed by atoms with Gasteiger partial charge < -0.3 is 4.90 Å². The van der Waals surface area contributed by atoms with Crippen LogP contribution in [0.5, 0.6) is 0 Å². The molecule has 0 saturated heterocycles. The first kappa shape index (κ1) is 28.2. The Balaban J connectivity index is 0.000000518. The van der Waals surface area contributed by atoms with Crippen LogP contribution in [0.15, 0.2) is 47.0 Å². The van der Waals surface area contributed by atoms with Gasteiger partial charge in [0.25, 0.3) is 0 Å². The van der Waals surface area contributed by atoms with Crippen molar-refractivity contribution in [2.75, 3.05) is 6.54 Å². The van der Waals surface area contributed by atoms with Crippen molar-refractivity contribution in [3.8, 4) is 0 Å². The van der Waals surface area contributed by atoms with Gasteiger partial charge in [0.2, 0.25) is 0 Å². The first-order valence-corrected chi connectivity index (χ1v) is 12.3. The SMILES string of the molecule is CC.CC.CCCN1C(CC)=NC2C=CC(CC)=CC21.CCc1cc(C)ccc1C. The number of allylic oxidation sites excluding steroid dienone is 2. The second-order valence-electron chi connectivity index (χ2n) is 7.31. The van der Waals surface area contributed by atoms with Crippen LogP contribution in [0.2, 0.25) is 0 Å².